The van der Waals surface area contributed by atoms with Gasteiger partial charge in [-0.25, -0.2) is 4.98 Å². The van der Waals surface area contributed by atoms with Gasteiger partial charge >= 0.3 is 0 Å². The summed E-state index contributed by atoms with van der Waals surface area (Å²) in [6.07, 6.45) is 1.60. The van der Waals surface area contributed by atoms with Gasteiger partial charge in [-0.2, -0.15) is 9.50 Å². The Balaban J connectivity index is 1.42. The molecule has 1 aliphatic rings. The Hall–Kier alpha value is -3.95. The number of furan rings is 1. The normalized spacial score (nSPS) is 14.4. The number of hydrogen-bond acceptors (Lipinski definition) is 8. The van der Waals surface area contributed by atoms with Crippen LogP contribution in [-0.4, -0.2) is 50.7 Å². The largest absolute Gasteiger partial charge is 0.461 e. The van der Waals surface area contributed by atoms with Gasteiger partial charge in [-0.3, -0.25) is 10.1 Å². The van der Waals surface area contributed by atoms with Gasteiger partial charge in [0.2, 0.25) is 5.82 Å². The summed E-state index contributed by atoms with van der Waals surface area (Å²) < 4.78 is 7.25. The molecule has 10 heteroatoms. The van der Waals surface area contributed by atoms with Crippen molar-refractivity contribution >= 4 is 23.0 Å². The highest BCUT2D eigenvalue weighted by Crippen LogP contribution is 2.27. The van der Waals surface area contributed by atoms with Crippen LogP contribution < -0.4 is 9.80 Å². The Bertz CT molecular complexity index is 1240. The van der Waals surface area contributed by atoms with Gasteiger partial charge < -0.3 is 14.2 Å². The number of hydrogen-bond donors (Lipinski definition) is 0. The zero-order chi connectivity index (χ0) is 21.5. The second-order valence-corrected chi connectivity index (χ2v) is 7.52. The van der Waals surface area contributed by atoms with Crippen molar-refractivity contribution in [3.05, 3.63) is 64.0 Å². The molecule has 0 atom stereocenters. The van der Waals surface area contributed by atoms with E-state index in [1.807, 2.05) is 26.0 Å². The fourth-order valence-electron chi connectivity index (χ4n) is 3.92. The molecule has 4 aromatic rings. The Morgan fingerprint density at radius 1 is 1.00 bits per heavy atom. The third-order valence-electron chi connectivity index (χ3n) is 5.68. The van der Waals surface area contributed by atoms with E-state index < -0.39 is 0 Å². The molecule has 4 heterocycles. The summed E-state index contributed by atoms with van der Waals surface area (Å²) in [4.78, 5) is 24.2. The van der Waals surface area contributed by atoms with Crippen LogP contribution in [-0.2, 0) is 0 Å². The molecular formula is C21H21N7O3. The van der Waals surface area contributed by atoms with E-state index in [9.17, 15) is 10.1 Å². The lowest BCUT2D eigenvalue weighted by Gasteiger charge is -2.37. The lowest BCUT2D eigenvalue weighted by molar-refractivity contribution is -0.384. The summed E-state index contributed by atoms with van der Waals surface area (Å²) in [5.74, 6) is 2.64. The lowest BCUT2D eigenvalue weighted by atomic mass is 10.2. The zero-order valence-corrected chi connectivity index (χ0v) is 17.2. The molecule has 1 aromatic carbocycles. The molecule has 0 N–H and O–H groups in total. The second kappa shape index (κ2) is 7.38. The number of anilines is 2. The predicted molar refractivity (Wildman–Crippen MR) is 115 cm³/mol. The first-order valence-corrected chi connectivity index (χ1v) is 10.0. The van der Waals surface area contributed by atoms with E-state index in [1.165, 1.54) is 0 Å². The quantitative estimate of drug-likeness (QED) is 0.367. The zero-order valence-electron chi connectivity index (χ0n) is 17.2. The number of piperazine rings is 1. The molecule has 1 aliphatic heterocycles. The van der Waals surface area contributed by atoms with Crippen molar-refractivity contribution in [3.63, 3.8) is 0 Å². The number of aromatic nitrogens is 4. The SMILES string of the molecule is Cc1nc2nc(-c3ccco3)nn2c(N2CCN(c3ccc([N+](=O)[O-])cc3)CC2)c1C. The standard InChI is InChI=1S/C21H21N7O3/c1-14-15(2)22-21-23-19(18-4-3-13-31-18)24-27(21)20(14)26-11-9-25(10-12-26)16-5-7-17(8-6-16)28(29)30/h3-8,13H,9-12H2,1-2H3. The van der Waals surface area contributed by atoms with Crippen molar-refractivity contribution in [2.45, 2.75) is 13.8 Å². The molecule has 158 valence electrons. The molecule has 0 aliphatic carbocycles. The summed E-state index contributed by atoms with van der Waals surface area (Å²) in [5, 5.41) is 15.6. The van der Waals surface area contributed by atoms with Crippen molar-refractivity contribution < 1.29 is 9.34 Å². The first-order chi connectivity index (χ1) is 15.0. The molecule has 31 heavy (non-hydrogen) atoms. The van der Waals surface area contributed by atoms with Gasteiger partial charge in [-0.05, 0) is 38.1 Å². The van der Waals surface area contributed by atoms with E-state index >= 15 is 0 Å². The lowest BCUT2D eigenvalue weighted by Crippen LogP contribution is -2.47. The van der Waals surface area contributed by atoms with Crippen molar-refractivity contribution in [2.24, 2.45) is 0 Å². The van der Waals surface area contributed by atoms with Gasteiger partial charge in [0, 0.05) is 55.3 Å². The number of rotatable bonds is 4. The molecule has 1 fully saturated rings. The van der Waals surface area contributed by atoms with Gasteiger partial charge in [0.15, 0.2) is 5.76 Å². The molecule has 0 amide bonds. The molecular weight excluding hydrogens is 398 g/mol. The molecule has 5 rings (SSSR count). The molecule has 10 nitrogen and oxygen atoms in total. The first kappa shape index (κ1) is 19.0. The minimum absolute atomic E-state index is 0.103. The topological polar surface area (TPSA) is 106 Å². The third-order valence-corrected chi connectivity index (χ3v) is 5.68. The molecule has 0 bridgehead atoms. The number of nitro benzene ring substituents is 1. The highest BCUT2D eigenvalue weighted by atomic mass is 16.6. The number of fused-ring (bicyclic) bond motifs is 1. The van der Waals surface area contributed by atoms with E-state index in [4.69, 9.17) is 4.42 Å². The number of benzene rings is 1. The van der Waals surface area contributed by atoms with Crippen molar-refractivity contribution in [2.75, 3.05) is 36.0 Å². The summed E-state index contributed by atoms with van der Waals surface area (Å²) in [7, 11) is 0. The maximum Gasteiger partial charge on any atom is 0.269 e. The Kier molecular flexibility index (Phi) is 4.54. The van der Waals surface area contributed by atoms with Crippen molar-refractivity contribution in [1.29, 1.82) is 0 Å². The highest BCUT2D eigenvalue weighted by molar-refractivity contribution is 5.59. The number of aryl methyl sites for hydroxylation is 1. The van der Waals surface area contributed by atoms with Crippen LogP contribution in [0.4, 0.5) is 17.2 Å². The van der Waals surface area contributed by atoms with Crippen LogP contribution in [0.5, 0.6) is 0 Å². The summed E-state index contributed by atoms with van der Waals surface area (Å²) >= 11 is 0. The molecule has 0 radical (unpaired) electrons. The van der Waals surface area contributed by atoms with Crippen LogP contribution in [0, 0.1) is 24.0 Å². The number of nitro groups is 1. The average molecular weight is 419 g/mol. The summed E-state index contributed by atoms with van der Waals surface area (Å²) in [6, 6.07) is 10.3. The maximum absolute atomic E-state index is 10.9. The second-order valence-electron chi connectivity index (χ2n) is 7.52. The van der Waals surface area contributed by atoms with Gasteiger partial charge in [-0.15, -0.1) is 5.10 Å². The fourth-order valence-corrected chi connectivity index (χ4v) is 3.92. The maximum atomic E-state index is 10.9. The minimum atomic E-state index is -0.378. The molecule has 0 saturated carbocycles. The van der Waals surface area contributed by atoms with E-state index in [-0.39, 0.29) is 10.6 Å². The van der Waals surface area contributed by atoms with E-state index in [0.29, 0.717) is 17.4 Å². The molecule has 3 aromatic heterocycles. The van der Waals surface area contributed by atoms with Gasteiger partial charge in [-0.1, -0.05) is 0 Å². The summed E-state index contributed by atoms with van der Waals surface area (Å²) in [5.41, 5.74) is 3.07. The number of nitrogens with zero attached hydrogens (tertiary/aromatic N) is 7. The predicted octanol–water partition coefficient (Wildman–Crippen LogP) is 3.24. The molecule has 0 unspecified atom stereocenters. The van der Waals surface area contributed by atoms with E-state index in [2.05, 4.69) is 24.9 Å². The summed E-state index contributed by atoms with van der Waals surface area (Å²) in [6.45, 7) is 7.18. The van der Waals surface area contributed by atoms with Crippen molar-refractivity contribution in [3.8, 4) is 11.6 Å². The Labute approximate surface area is 177 Å². The Morgan fingerprint density at radius 3 is 2.35 bits per heavy atom. The average Bonchev–Trinajstić information content (AvgIpc) is 3.45. The van der Waals surface area contributed by atoms with Gasteiger partial charge in [0.05, 0.1) is 11.2 Å². The Morgan fingerprint density at radius 2 is 1.71 bits per heavy atom. The van der Waals surface area contributed by atoms with E-state index in [0.717, 1.165) is 48.9 Å². The monoisotopic (exact) mass is 419 g/mol. The van der Waals surface area contributed by atoms with Crippen LogP contribution in [0.2, 0.25) is 0 Å². The molecule has 1 saturated heterocycles. The van der Waals surface area contributed by atoms with Crippen LogP contribution in [0.3, 0.4) is 0 Å². The fraction of sp³-hybridized carbons (Fsp3) is 0.286. The number of non-ortho nitro benzene ring substituents is 1. The van der Waals surface area contributed by atoms with Crippen LogP contribution in [0.25, 0.3) is 17.4 Å². The van der Waals surface area contributed by atoms with Crippen LogP contribution >= 0.6 is 0 Å². The van der Waals surface area contributed by atoms with Gasteiger partial charge in [0.25, 0.3) is 11.5 Å². The van der Waals surface area contributed by atoms with E-state index in [1.54, 1.807) is 35.0 Å². The minimum Gasteiger partial charge on any atom is -0.461 e. The molecule has 0 spiro atoms. The highest BCUT2D eigenvalue weighted by Gasteiger charge is 2.24. The first-order valence-electron chi connectivity index (χ1n) is 10.0. The van der Waals surface area contributed by atoms with Crippen molar-refractivity contribution in [1.82, 2.24) is 19.6 Å². The van der Waals surface area contributed by atoms with Gasteiger partial charge in [0.1, 0.15) is 5.82 Å². The smallest absolute Gasteiger partial charge is 0.269 e. The van der Waals surface area contributed by atoms with Crippen LogP contribution in [0.1, 0.15) is 11.3 Å². The third kappa shape index (κ3) is 3.35. The van der Waals surface area contributed by atoms with Crippen LogP contribution in [0.15, 0.2) is 47.1 Å².